The molecule has 1 atom stereocenters. The molecule has 0 saturated heterocycles. The van der Waals surface area contributed by atoms with Gasteiger partial charge in [0.2, 0.25) is 5.89 Å². The number of nitrogens with one attached hydrogen (secondary N) is 1. The molecule has 178 valence electrons. The molecule has 1 N–H and O–H groups in total. The molecule has 0 radical (unpaired) electrons. The van der Waals surface area contributed by atoms with Gasteiger partial charge in [0.25, 0.3) is 0 Å². The number of Topliss-reactive ketones (excluding diaryl/α,β-unsaturated/α-hetero) is 1. The Morgan fingerprint density at radius 3 is 2.57 bits per heavy atom. The molecule has 0 saturated carbocycles. The Bertz CT molecular complexity index is 1670. The summed E-state index contributed by atoms with van der Waals surface area (Å²) in [5, 5.41) is 24.8. The van der Waals surface area contributed by atoms with Gasteiger partial charge in [-0.2, -0.15) is 16.6 Å². The minimum atomic E-state index is -0.895. The third-order valence-electron chi connectivity index (χ3n) is 6.14. The fourth-order valence-corrected chi connectivity index (χ4v) is 5.02. The topological polar surface area (TPSA) is 104 Å². The van der Waals surface area contributed by atoms with Gasteiger partial charge in [-0.3, -0.25) is 9.79 Å². The van der Waals surface area contributed by atoms with Gasteiger partial charge in [0.15, 0.2) is 11.9 Å². The molecule has 0 aliphatic carbocycles. The molecule has 0 fully saturated rings. The summed E-state index contributed by atoms with van der Waals surface area (Å²) in [6.45, 7) is 0. The summed E-state index contributed by atoms with van der Waals surface area (Å²) in [4.78, 5) is 18.0. The van der Waals surface area contributed by atoms with Gasteiger partial charge in [0.05, 0.1) is 17.3 Å². The Morgan fingerprint density at radius 2 is 1.76 bits per heavy atom. The van der Waals surface area contributed by atoms with Crippen molar-refractivity contribution in [2.75, 3.05) is 5.32 Å². The number of aromatic nitrogens is 2. The molecule has 8 heteroatoms. The average Bonchev–Trinajstić information content (AvgIpc) is 3.62. The first-order valence-electron chi connectivity index (χ1n) is 11.6. The molecule has 37 heavy (non-hydrogen) atoms. The van der Waals surface area contributed by atoms with Crippen molar-refractivity contribution < 1.29 is 9.21 Å². The van der Waals surface area contributed by atoms with E-state index in [0.717, 1.165) is 33.5 Å². The molecule has 0 spiro atoms. The van der Waals surface area contributed by atoms with Gasteiger partial charge in [-0.1, -0.05) is 59.7 Å². The van der Waals surface area contributed by atoms with Gasteiger partial charge in [-0.05, 0) is 51.7 Å². The second-order valence-electron chi connectivity index (χ2n) is 8.49. The number of ketones is 1. The highest BCUT2D eigenvalue weighted by Crippen LogP contribution is 2.34. The molecule has 5 aromatic rings. The Balaban J connectivity index is 1.36. The predicted molar refractivity (Wildman–Crippen MR) is 142 cm³/mol. The lowest BCUT2D eigenvalue weighted by Crippen LogP contribution is -2.29. The second-order valence-corrected chi connectivity index (χ2v) is 9.27. The van der Waals surface area contributed by atoms with Crippen LogP contribution in [-0.2, 0) is 11.2 Å². The molecule has 0 unspecified atom stereocenters. The fourth-order valence-electron chi connectivity index (χ4n) is 4.36. The van der Waals surface area contributed by atoms with Crippen molar-refractivity contribution in [3.8, 4) is 28.7 Å². The van der Waals surface area contributed by atoms with Crippen LogP contribution in [0.15, 0.2) is 99.0 Å². The van der Waals surface area contributed by atoms with E-state index in [1.165, 1.54) is 0 Å². The van der Waals surface area contributed by atoms with Crippen LogP contribution in [-0.4, -0.2) is 27.9 Å². The second kappa shape index (κ2) is 9.64. The highest BCUT2D eigenvalue weighted by atomic mass is 32.1. The fraction of sp³-hybridized carbons (Fsp3) is 0.0690. The van der Waals surface area contributed by atoms with Crippen molar-refractivity contribution in [2.24, 2.45) is 4.99 Å². The van der Waals surface area contributed by atoms with Crippen LogP contribution in [0.4, 0.5) is 6.01 Å². The summed E-state index contributed by atoms with van der Waals surface area (Å²) in [6.07, 6.45) is -0.666. The largest absolute Gasteiger partial charge is 0.403 e. The summed E-state index contributed by atoms with van der Waals surface area (Å²) in [7, 11) is 0. The Labute approximate surface area is 216 Å². The number of hydrogen-bond donors (Lipinski definition) is 1. The number of fused-ring (bicyclic) bond motifs is 1. The standard InChI is InChI=1S/C29H19N5O2S/c30-16-18-10-11-23(24(14-18)21-12-13-37-17-21)28-33-34-29(36-28)32-27-25(35)15-20-8-4-5-9-22(20)26(31-27)19-6-2-1-3-7-19/h1-14,17,27H,15H2,(H,32,34)/t27-/m1/s1. The Morgan fingerprint density at radius 1 is 0.919 bits per heavy atom. The third-order valence-corrected chi connectivity index (χ3v) is 6.83. The van der Waals surface area contributed by atoms with Crippen molar-refractivity contribution in [3.05, 3.63) is 112 Å². The molecular weight excluding hydrogens is 482 g/mol. The maximum absolute atomic E-state index is 13.2. The molecule has 3 heterocycles. The molecule has 2 aromatic heterocycles. The number of nitrogens with zero attached hydrogens (tertiary/aromatic N) is 4. The number of hydrogen-bond acceptors (Lipinski definition) is 8. The van der Waals surface area contributed by atoms with Gasteiger partial charge < -0.3 is 9.73 Å². The van der Waals surface area contributed by atoms with Crippen LogP contribution in [0.3, 0.4) is 0 Å². The number of carbonyl (C=O) groups is 1. The van der Waals surface area contributed by atoms with Crippen LogP contribution in [0.5, 0.6) is 0 Å². The van der Waals surface area contributed by atoms with Gasteiger partial charge in [-0.25, -0.2) is 0 Å². The highest BCUT2D eigenvalue weighted by molar-refractivity contribution is 7.08. The summed E-state index contributed by atoms with van der Waals surface area (Å²) >= 11 is 1.56. The third kappa shape index (κ3) is 4.44. The van der Waals surface area contributed by atoms with Gasteiger partial charge in [0.1, 0.15) is 0 Å². The smallest absolute Gasteiger partial charge is 0.317 e. The number of rotatable bonds is 5. The van der Waals surface area contributed by atoms with Crippen LogP contribution in [0.2, 0.25) is 0 Å². The number of thiophene rings is 1. The van der Waals surface area contributed by atoms with Crippen LogP contribution in [0.25, 0.3) is 22.6 Å². The first kappa shape index (κ1) is 22.6. The zero-order chi connectivity index (χ0) is 25.2. The maximum Gasteiger partial charge on any atom is 0.317 e. The van der Waals surface area contributed by atoms with Crippen LogP contribution < -0.4 is 5.32 Å². The van der Waals surface area contributed by atoms with Gasteiger partial charge in [0, 0.05) is 23.1 Å². The van der Waals surface area contributed by atoms with E-state index in [-0.39, 0.29) is 24.1 Å². The molecular formula is C29H19N5O2S. The number of benzene rings is 3. The number of nitriles is 1. The van der Waals surface area contributed by atoms with Crippen molar-refractivity contribution in [1.29, 1.82) is 5.26 Å². The molecule has 7 nitrogen and oxygen atoms in total. The lowest BCUT2D eigenvalue weighted by Gasteiger charge is -2.12. The zero-order valence-electron chi connectivity index (χ0n) is 19.5. The number of carbonyl (C=O) groups excluding carboxylic acids is 1. The zero-order valence-corrected chi connectivity index (χ0v) is 20.3. The van der Waals surface area contributed by atoms with Crippen molar-refractivity contribution >= 4 is 28.8 Å². The van der Waals surface area contributed by atoms with E-state index in [1.54, 1.807) is 29.5 Å². The van der Waals surface area contributed by atoms with Gasteiger partial charge in [-0.15, -0.1) is 5.10 Å². The average molecular weight is 502 g/mol. The van der Waals surface area contributed by atoms with Crippen molar-refractivity contribution in [2.45, 2.75) is 12.6 Å². The van der Waals surface area contributed by atoms with Gasteiger partial charge >= 0.3 is 6.01 Å². The van der Waals surface area contributed by atoms with E-state index < -0.39 is 6.17 Å². The lowest BCUT2D eigenvalue weighted by atomic mass is 9.96. The predicted octanol–water partition coefficient (Wildman–Crippen LogP) is 5.74. The molecule has 6 rings (SSSR count). The lowest BCUT2D eigenvalue weighted by molar-refractivity contribution is -0.119. The van der Waals surface area contributed by atoms with E-state index in [2.05, 4.69) is 21.6 Å². The molecule has 0 amide bonds. The van der Waals surface area contributed by atoms with Crippen LogP contribution >= 0.6 is 11.3 Å². The highest BCUT2D eigenvalue weighted by Gasteiger charge is 2.27. The van der Waals surface area contributed by atoms with E-state index in [1.807, 2.05) is 71.4 Å². The van der Waals surface area contributed by atoms with E-state index in [9.17, 15) is 10.1 Å². The van der Waals surface area contributed by atoms with Crippen molar-refractivity contribution in [3.63, 3.8) is 0 Å². The summed E-state index contributed by atoms with van der Waals surface area (Å²) in [6, 6.07) is 27.2. The number of aliphatic imine (C=N–C) groups is 1. The molecule has 3 aromatic carbocycles. The van der Waals surface area contributed by atoms with Crippen LogP contribution in [0.1, 0.15) is 22.3 Å². The maximum atomic E-state index is 13.2. The summed E-state index contributed by atoms with van der Waals surface area (Å²) < 4.78 is 5.96. The van der Waals surface area contributed by atoms with E-state index >= 15 is 0 Å². The summed E-state index contributed by atoms with van der Waals surface area (Å²) in [5.74, 6) is 0.181. The number of anilines is 1. The quantitative estimate of drug-likeness (QED) is 0.329. The van der Waals surface area contributed by atoms with E-state index in [0.29, 0.717) is 11.1 Å². The SMILES string of the molecule is N#Cc1ccc(-c2nnc(N[C@H]3N=C(c4ccccc4)c4ccccc4CC3=O)o2)c(-c2ccsc2)c1. The monoisotopic (exact) mass is 501 g/mol. The molecule has 1 aliphatic heterocycles. The Hall–Kier alpha value is -4.87. The summed E-state index contributed by atoms with van der Waals surface area (Å²) in [5.41, 5.74) is 6.51. The van der Waals surface area contributed by atoms with Crippen LogP contribution in [0, 0.1) is 11.3 Å². The minimum absolute atomic E-state index is 0.0936. The molecule has 0 bridgehead atoms. The first-order chi connectivity index (χ1) is 18.2. The first-order valence-corrected chi connectivity index (χ1v) is 12.6. The van der Waals surface area contributed by atoms with E-state index in [4.69, 9.17) is 9.41 Å². The normalized spacial score (nSPS) is 14.8. The van der Waals surface area contributed by atoms with Crippen molar-refractivity contribution in [1.82, 2.24) is 10.2 Å². The Kier molecular flexibility index (Phi) is 5.89. The molecule has 1 aliphatic rings. The minimum Gasteiger partial charge on any atom is -0.403 e.